The lowest BCUT2D eigenvalue weighted by molar-refractivity contribution is -0.148. The summed E-state index contributed by atoms with van der Waals surface area (Å²) in [5.74, 6) is -7.53. The molecule has 0 bridgehead atoms. The molecule has 6 N–H and O–H groups in total. The molecule has 2 heterocycles. The normalized spacial score (nSPS) is 20.2. The van der Waals surface area contributed by atoms with Crippen molar-refractivity contribution >= 4 is 65.9 Å². The van der Waals surface area contributed by atoms with E-state index in [0.29, 0.717) is 70.0 Å². The number of carbonyl (C=O) groups excluding carboxylic acids is 8. The molecule has 111 heavy (non-hydrogen) atoms. The van der Waals surface area contributed by atoms with Gasteiger partial charge in [-0.15, -0.1) is 0 Å². The number of carboxylic acids is 1. The molecule has 0 spiro atoms. The highest BCUT2D eigenvalue weighted by Crippen LogP contribution is 2.35. The van der Waals surface area contributed by atoms with E-state index in [-0.39, 0.29) is 72.5 Å². The van der Waals surface area contributed by atoms with Crippen molar-refractivity contribution in [2.24, 2.45) is 47.3 Å². The number of methoxy groups -OCH3 is 4. The number of aliphatic carboxylic acids is 1. The minimum atomic E-state index is -1.19. The third-order valence-electron chi connectivity index (χ3n) is 24.3. The van der Waals surface area contributed by atoms with E-state index >= 15 is 19.2 Å². The summed E-state index contributed by atoms with van der Waals surface area (Å²) in [6, 6.07) is 10.4. The van der Waals surface area contributed by atoms with Crippen molar-refractivity contribution in [2.75, 3.05) is 69.7 Å². The summed E-state index contributed by atoms with van der Waals surface area (Å²) in [5, 5.41) is 33.4. The number of amides is 8. The number of nitrogens with zero attached hydrogens (tertiary/aromatic N) is 6. The van der Waals surface area contributed by atoms with Gasteiger partial charge in [0.1, 0.15) is 18.1 Å². The number of likely N-dealkylation sites (N-methyl/N-ethyl adjacent to an activating group) is 4. The Morgan fingerprint density at radius 2 is 0.946 bits per heavy atom. The van der Waals surface area contributed by atoms with Gasteiger partial charge < -0.3 is 70.0 Å². The van der Waals surface area contributed by atoms with E-state index in [1.54, 1.807) is 90.9 Å². The number of nitrogens with one attached hydrogen (secondary N) is 4. The zero-order valence-electron chi connectivity index (χ0n) is 72.1. The van der Waals surface area contributed by atoms with E-state index in [2.05, 4.69) is 21.3 Å². The van der Waals surface area contributed by atoms with Crippen molar-refractivity contribution in [3.63, 3.8) is 0 Å². The number of likely N-dealkylation sites (tertiary alicyclic amines) is 2. The number of carboxylic acid groups (broad SMARTS) is 1. The fraction of sp³-hybridized carbons (Fsp3) is 0.753. The molecule has 0 aliphatic carbocycles. The molecule has 2 fully saturated rings. The van der Waals surface area contributed by atoms with Gasteiger partial charge in [0.15, 0.2) is 0 Å². The van der Waals surface area contributed by atoms with E-state index in [9.17, 15) is 34.2 Å². The fourth-order valence-corrected chi connectivity index (χ4v) is 16.7. The number of thiol groups is 1. The van der Waals surface area contributed by atoms with Crippen LogP contribution in [0.5, 0.6) is 0 Å². The molecule has 26 heteroatoms. The minimum Gasteiger partial charge on any atom is -0.480 e. The molecule has 2 saturated heterocycles. The maximum atomic E-state index is 15.9. The molecule has 2 unspecified atom stereocenters. The molecule has 2 aromatic rings. The average molecular weight is 1580 g/mol. The third kappa shape index (κ3) is 26.1. The van der Waals surface area contributed by atoms with Crippen LogP contribution in [0.25, 0.3) is 0 Å². The highest BCUT2D eigenvalue weighted by atomic mass is 32.1. The van der Waals surface area contributed by atoms with Gasteiger partial charge >= 0.3 is 5.97 Å². The Balaban J connectivity index is 1.65. The van der Waals surface area contributed by atoms with Crippen LogP contribution < -0.4 is 21.3 Å². The van der Waals surface area contributed by atoms with Crippen molar-refractivity contribution < 1.29 is 72.3 Å². The second-order valence-electron chi connectivity index (χ2n) is 34.2. The maximum Gasteiger partial charge on any atom is 0.326 e. The number of rotatable bonds is 45. The molecule has 4 rings (SSSR count). The SMILES string of the molecule is CC[C@H](C)[C@@H]([C@@H](CC(=O)N1CCC[C@H]1[C@H](OC)[C@@H](C)C(=O)N[C@@H](Cc1ccccc1)C(=O)O)OC)N(C)C(=O)[C@@H](NC(=O)[C@H](C(C)CCC(C)[C@H](NC(=O)[C@H](C(C)C)N(C)C(C)(C)C)C(=O)N(C)[C@@H]([C@@H](C)CC)[C@@H](CC(=O)N1CCC[C@H]1[C@H](OC)[C@@H](C)C(=O)N[C@H](C)[C@@H](O)c1ccccc1)OC)N(C)C(C)(C)S)C(C)C. The Kier molecular flexibility index (Phi) is 39.0. The molecule has 0 radical (unpaired) electrons. The summed E-state index contributed by atoms with van der Waals surface area (Å²) >= 11 is 5.00. The van der Waals surface area contributed by atoms with Crippen molar-refractivity contribution in [3.8, 4) is 0 Å². The predicted molar refractivity (Wildman–Crippen MR) is 438 cm³/mol. The van der Waals surface area contributed by atoms with Gasteiger partial charge in [0.25, 0.3) is 0 Å². The highest BCUT2D eigenvalue weighted by Gasteiger charge is 2.48. The van der Waals surface area contributed by atoms with Gasteiger partial charge in [-0.25, -0.2) is 4.79 Å². The number of aliphatic hydroxyl groups excluding tert-OH is 1. The van der Waals surface area contributed by atoms with Gasteiger partial charge in [-0.2, -0.15) is 12.6 Å². The second kappa shape index (κ2) is 44.6. The number of carbonyl (C=O) groups is 9. The summed E-state index contributed by atoms with van der Waals surface area (Å²) in [6.45, 7) is 35.4. The van der Waals surface area contributed by atoms with Crippen LogP contribution in [-0.2, 0) is 68.5 Å². The maximum absolute atomic E-state index is 15.9. The summed E-state index contributed by atoms with van der Waals surface area (Å²) in [5.41, 5.74) is 0.983. The van der Waals surface area contributed by atoms with Gasteiger partial charge in [-0.3, -0.25) is 48.2 Å². The largest absolute Gasteiger partial charge is 0.480 e. The number of hydrogen-bond donors (Lipinski definition) is 7. The summed E-state index contributed by atoms with van der Waals surface area (Å²) in [6.07, 6.45) is 0.194. The number of aliphatic hydroxyl groups is 1. The number of benzene rings is 2. The average Bonchev–Trinajstić information content (AvgIpc) is 1.79. The van der Waals surface area contributed by atoms with Crippen molar-refractivity contribution in [3.05, 3.63) is 71.8 Å². The number of hydrogen-bond acceptors (Lipinski definition) is 17. The van der Waals surface area contributed by atoms with Crippen LogP contribution in [0.4, 0.5) is 0 Å². The first-order valence-electron chi connectivity index (χ1n) is 40.5. The van der Waals surface area contributed by atoms with Crippen LogP contribution in [0, 0.1) is 47.3 Å². The van der Waals surface area contributed by atoms with Gasteiger partial charge in [0.05, 0.1) is 102 Å². The predicted octanol–water partition coefficient (Wildman–Crippen LogP) is 9.28. The standard InChI is InChI=1S/C85H144N10O15S/c1-27-52(7)71(64(107-23)48-66(96)95-46-36-42-63(95)76(110-26)57(12)78(100)87-61(83(105)106)47-59-37-31-29-32-38-59)90(19)81(103)68(50(3)4)88-80(102)73(93(22)85(17,18)111)55(10)44-43-54(9)69(89-79(101)70(51(5)6)92(21)84(14,15)16)82(104)91(20)72(53(8)28-2)65(108-24)49-67(97)94-45-35-41-62(94)75(109-25)56(11)77(99)86-58(13)74(98)60-39-33-30-34-40-60/h29-34,37-40,50-58,61-65,68-76,98,111H,27-28,35-36,41-49H2,1-26H3,(H,86,99)(H,87,100)(H,88,102)(H,89,101)(H,105,106)/t52-,53-,54?,55?,56+,57+,58+,61-,62-,63-,64+,65+,68-,69-,70-,71-,72-,73-,74+,75+,76+/m0/s1. The van der Waals surface area contributed by atoms with E-state index < -0.39 is 149 Å². The van der Waals surface area contributed by atoms with Gasteiger partial charge in [-0.05, 0) is 141 Å². The molecule has 0 saturated carbocycles. The van der Waals surface area contributed by atoms with Crippen LogP contribution in [0.2, 0.25) is 0 Å². The Morgan fingerprint density at radius 3 is 1.34 bits per heavy atom. The Bertz CT molecular complexity index is 3270. The zero-order chi connectivity index (χ0) is 84.0. The molecule has 21 atom stereocenters. The van der Waals surface area contributed by atoms with Crippen LogP contribution in [-0.4, -0.2) is 258 Å². The first kappa shape index (κ1) is 97.1. The first-order chi connectivity index (χ1) is 51.9. The Labute approximate surface area is 671 Å². The molecule has 25 nitrogen and oxygen atoms in total. The lowest BCUT2D eigenvalue weighted by Crippen LogP contribution is -2.62. The molecule has 0 aromatic heterocycles. The zero-order valence-corrected chi connectivity index (χ0v) is 73.0. The topological polar surface area (TPSA) is 299 Å². The highest BCUT2D eigenvalue weighted by molar-refractivity contribution is 7.81. The summed E-state index contributed by atoms with van der Waals surface area (Å²) < 4.78 is 24.6. The smallest absolute Gasteiger partial charge is 0.326 e. The molecule has 630 valence electrons. The Morgan fingerprint density at radius 1 is 0.532 bits per heavy atom. The first-order valence-corrected chi connectivity index (χ1v) is 41.0. The van der Waals surface area contributed by atoms with Crippen LogP contribution in [0.15, 0.2) is 60.7 Å². The molecule has 2 aliphatic rings. The fourth-order valence-electron chi connectivity index (χ4n) is 16.6. The number of ether oxygens (including phenoxy) is 4. The van der Waals surface area contributed by atoms with Crippen LogP contribution >= 0.6 is 12.6 Å². The lowest BCUT2D eigenvalue weighted by Gasteiger charge is -2.43. The molecule has 2 aromatic carbocycles. The third-order valence-corrected chi connectivity index (χ3v) is 24.6. The second-order valence-corrected chi connectivity index (χ2v) is 35.3. The van der Waals surface area contributed by atoms with Crippen LogP contribution in [0.1, 0.15) is 206 Å². The van der Waals surface area contributed by atoms with E-state index in [0.717, 1.165) is 5.56 Å². The molecular weight excluding hydrogens is 1430 g/mol. The Hall–Kier alpha value is -6.26. The molecular formula is C85H144N10O15S. The lowest BCUT2D eigenvalue weighted by atomic mass is 9.85. The van der Waals surface area contributed by atoms with E-state index in [4.69, 9.17) is 31.6 Å². The molecule has 8 amide bonds. The summed E-state index contributed by atoms with van der Waals surface area (Å²) in [7, 11) is 13.2. The van der Waals surface area contributed by atoms with Crippen molar-refractivity contribution in [1.82, 2.24) is 50.7 Å². The monoisotopic (exact) mass is 1580 g/mol. The minimum absolute atomic E-state index is 0.0800. The summed E-state index contributed by atoms with van der Waals surface area (Å²) in [4.78, 5) is 142. The van der Waals surface area contributed by atoms with Gasteiger partial charge in [0.2, 0.25) is 47.3 Å². The molecule has 2 aliphatic heterocycles. The van der Waals surface area contributed by atoms with Crippen molar-refractivity contribution in [1.29, 1.82) is 0 Å². The van der Waals surface area contributed by atoms with Crippen LogP contribution in [0.3, 0.4) is 0 Å². The quantitative estimate of drug-likeness (QED) is 0.0240. The van der Waals surface area contributed by atoms with Crippen molar-refractivity contribution in [2.45, 2.75) is 297 Å². The van der Waals surface area contributed by atoms with E-state index in [1.807, 2.05) is 152 Å². The van der Waals surface area contributed by atoms with Gasteiger partial charge in [0, 0.05) is 67.6 Å². The van der Waals surface area contributed by atoms with E-state index in [1.165, 1.54) is 28.4 Å². The van der Waals surface area contributed by atoms with Gasteiger partial charge in [-0.1, -0.05) is 157 Å².